The number of aromatic nitrogens is 2. The lowest BCUT2D eigenvalue weighted by Crippen LogP contribution is -2.11. The third-order valence-electron chi connectivity index (χ3n) is 2.20. The van der Waals surface area contributed by atoms with Gasteiger partial charge in [-0.1, -0.05) is 17.0 Å². The smallest absolute Gasteiger partial charge is 0.259 e. The molecule has 0 aromatic carbocycles. The van der Waals surface area contributed by atoms with Crippen LogP contribution in [0.15, 0.2) is 29.0 Å². The Hall–Kier alpha value is -2.65. The van der Waals surface area contributed by atoms with Crippen molar-refractivity contribution in [3.05, 3.63) is 41.3 Å². The van der Waals surface area contributed by atoms with Crippen LogP contribution in [0.4, 0.5) is 5.88 Å². The molecule has 6 nitrogen and oxygen atoms in total. The first-order valence-corrected chi connectivity index (χ1v) is 5.57. The van der Waals surface area contributed by atoms with Crippen LogP contribution in [0.2, 0.25) is 0 Å². The zero-order valence-electron chi connectivity index (χ0n) is 10.3. The molecule has 6 heteroatoms. The van der Waals surface area contributed by atoms with Crippen LogP contribution in [0.3, 0.4) is 0 Å². The molecule has 3 N–H and O–H groups in total. The zero-order chi connectivity index (χ0) is 13.7. The monoisotopic (exact) mass is 256 g/mol. The number of carbonyl (C=O) groups is 1. The minimum atomic E-state index is -0.333. The average Bonchev–Trinajstić information content (AvgIpc) is 2.82. The zero-order valence-corrected chi connectivity index (χ0v) is 10.3. The van der Waals surface area contributed by atoms with Crippen LogP contribution in [0, 0.1) is 18.8 Å². The van der Waals surface area contributed by atoms with Crippen LogP contribution in [0.25, 0.3) is 0 Å². The summed E-state index contributed by atoms with van der Waals surface area (Å²) >= 11 is 0. The van der Waals surface area contributed by atoms with E-state index in [9.17, 15) is 4.79 Å². The van der Waals surface area contributed by atoms with Crippen LogP contribution in [0.1, 0.15) is 21.6 Å². The van der Waals surface area contributed by atoms with Gasteiger partial charge in [0.05, 0.1) is 17.8 Å². The second-order valence-corrected chi connectivity index (χ2v) is 3.75. The molecule has 0 saturated carbocycles. The van der Waals surface area contributed by atoms with Gasteiger partial charge in [-0.05, 0) is 13.0 Å². The van der Waals surface area contributed by atoms with Crippen molar-refractivity contribution >= 4 is 11.8 Å². The summed E-state index contributed by atoms with van der Waals surface area (Å²) in [5, 5.41) is 6.26. The number of nitrogens with zero attached hydrogens (tertiary/aromatic N) is 2. The number of nitrogens with two attached hydrogens (primary N) is 1. The highest BCUT2D eigenvalue weighted by atomic mass is 16.5. The van der Waals surface area contributed by atoms with E-state index in [0.717, 1.165) is 0 Å². The van der Waals surface area contributed by atoms with E-state index in [4.69, 9.17) is 10.3 Å². The van der Waals surface area contributed by atoms with Crippen molar-refractivity contribution in [3.8, 4) is 11.8 Å². The van der Waals surface area contributed by atoms with Gasteiger partial charge in [0.2, 0.25) is 5.88 Å². The number of rotatable bonds is 2. The fourth-order valence-corrected chi connectivity index (χ4v) is 1.39. The third kappa shape index (κ3) is 3.40. The molecule has 0 aliphatic heterocycles. The minimum Gasteiger partial charge on any atom is -0.338 e. The van der Waals surface area contributed by atoms with Gasteiger partial charge < -0.3 is 10.3 Å². The van der Waals surface area contributed by atoms with E-state index in [1.807, 2.05) is 0 Å². The van der Waals surface area contributed by atoms with Gasteiger partial charge in [-0.15, -0.1) is 0 Å². The van der Waals surface area contributed by atoms with E-state index in [1.54, 1.807) is 25.3 Å². The predicted molar refractivity (Wildman–Crippen MR) is 69.4 cm³/mol. The molecule has 2 aromatic heterocycles. The minimum absolute atomic E-state index is 0.258. The first-order chi connectivity index (χ1) is 9.19. The predicted octanol–water partition coefficient (Wildman–Crippen LogP) is 0.941. The molecule has 0 aliphatic rings. The Morgan fingerprint density at radius 3 is 3.00 bits per heavy atom. The van der Waals surface area contributed by atoms with Crippen LogP contribution in [-0.2, 0) is 0 Å². The van der Waals surface area contributed by atoms with Gasteiger partial charge in [-0.3, -0.25) is 15.1 Å². The summed E-state index contributed by atoms with van der Waals surface area (Å²) in [4.78, 5) is 15.9. The van der Waals surface area contributed by atoms with Gasteiger partial charge in [0, 0.05) is 24.0 Å². The molecule has 0 saturated heterocycles. The first-order valence-electron chi connectivity index (χ1n) is 5.57. The van der Waals surface area contributed by atoms with Crippen molar-refractivity contribution in [2.75, 3.05) is 11.9 Å². The molecule has 0 atom stereocenters. The molecule has 0 unspecified atom stereocenters. The van der Waals surface area contributed by atoms with Crippen LogP contribution >= 0.6 is 0 Å². The summed E-state index contributed by atoms with van der Waals surface area (Å²) < 4.78 is 4.90. The summed E-state index contributed by atoms with van der Waals surface area (Å²) in [6.45, 7) is 2.03. The Morgan fingerprint density at radius 2 is 2.32 bits per heavy atom. The Bertz CT molecular complexity index is 652. The number of amides is 1. The van der Waals surface area contributed by atoms with E-state index in [2.05, 4.69) is 27.3 Å². The molecule has 0 bridgehead atoms. The summed E-state index contributed by atoms with van der Waals surface area (Å²) in [5.41, 5.74) is 7.00. The molecule has 0 fully saturated rings. The van der Waals surface area contributed by atoms with Crippen molar-refractivity contribution in [3.63, 3.8) is 0 Å². The van der Waals surface area contributed by atoms with E-state index < -0.39 is 0 Å². The Balaban J connectivity index is 2.15. The maximum atomic E-state index is 11.9. The number of hydrogen-bond acceptors (Lipinski definition) is 5. The van der Waals surface area contributed by atoms with Crippen molar-refractivity contribution in [1.29, 1.82) is 0 Å². The van der Waals surface area contributed by atoms with Crippen molar-refractivity contribution < 1.29 is 9.32 Å². The van der Waals surface area contributed by atoms with Crippen molar-refractivity contribution in [2.24, 2.45) is 5.73 Å². The number of aryl methyl sites for hydroxylation is 1. The second-order valence-electron chi connectivity index (χ2n) is 3.75. The molecule has 2 rings (SSSR count). The molecule has 0 radical (unpaired) electrons. The fourth-order valence-electron chi connectivity index (χ4n) is 1.39. The Kier molecular flexibility index (Phi) is 3.90. The lowest BCUT2D eigenvalue weighted by molar-refractivity contribution is 0.102. The molecular weight excluding hydrogens is 244 g/mol. The van der Waals surface area contributed by atoms with E-state index in [-0.39, 0.29) is 12.5 Å². The van der Waals surface area contributed by atoms with Crippen LogP contribution < -0.4 is 11.1 Å². The van der Waals surface area contributed by atoms with Crippen molar-refractivity contribution in [1.82, 2.24) is 10.1 Å². The molecular formula is C13H12N4O2. The molecule has 19 heavy (non-hydrogen) atoms. The standard InChI is InChI=1S/C13H12N4O2/c1-9-5-12(19-17-9)16-13(18)11-6-10(3-2-4-14)7-15-8-11/h5-8H,4,14H2,1H3,(H,16,18). The first kappa shape index (κ1) is 12.8. The quantitative estimate of drug-likeness (QED) is 0.780. The van der Waals surface area contributed by atoms with Crippen LogP contribution in [-0.4, -0.2) is 22.6 Å². The second kappa shape index (κ2) is 5.80. The average molecular weight is 256 g/mol. The summed E-state index contributed by atoms with van der Waals surface area (Å²) in [7, 11) is 0. The third-order valence-corrected chi connectivity index (χ3v) is 2.20. The van der Waals surface area contributed by atoms with E-state index in [1.165, 1.54) is 6.20 Å². The Morgan fingerprint density at radius 1 is 1.47 bits per heavy atom. The van der Waals surface area contributed by atoms with Crippen molar-refractivity contribution in [2.45, 2.75) is 6.92 Å². The summed E-state index contributed by atoms with van der Waals surface area (Å²) in [6.07, 6.45) is 3.02. The van der Waals surface area contributed by atoms with Gasteiger partial charge in [-0.2, -0.15) is 0 Å². The van der Waals surface area contributed by atoms with E-state index >= 15 is 0 Å². The molecule has 2 heterocycles. The lowest BCUT2D eigenvalue weighted by Gasteiger charge is -2.00. The van der Waals surface area contributed by atoms with Crippen LogP contribution in [0.5, 0.6) is 0 Å². The maximum absolute atomic E-state index is 11.9. The highest BCUT2D eigenvalue weighted by Gasteiger charge is 2.09. The number of hydrogen-bond donors (Lipinski definition) is 2. The number of carbonyl (C=O) groups excluding carboxylic acids is 1. The topological polar surface area (TPSA) is 94.0 Å². The fraction of sp³-hybridized carbons (Fsp3) is 0.154. The normalized spacial score (nSPS) is 9.58. The molecule has 0 aliphatic carbocycles. The lowest BCUT2D eigenvalue weighted by atomic mass is 10.2. The molecule has 0 spiro atoms. The maximum Gasteiger partial charge on any atom is 0.259 e. The summed E-state index contributed by atoms with van der Waals surface area (Å²) in [5.74, 6) is 5.47. The number of pyridine rings is 1. The van der Waals surface area contributed by atoms with Gasteiger partial charge in [0.1, 0.15) is 0 Å². The highest BCUT2D eigenvalue weighted by molar-refractivity contribution is 6.03. The SMILES string of the molecule is Cc1cc(NC(=O)c2cncc(C#CCN)c2)on1. The largest absolute Gasteiger partial charge is 0.338 e. The Labute approximate surface area is 110 Å². The van der Waals surface area contributed by atoms with Gasteiger partial charge >= 0.3 is 0 Å². The molecule has 1 amide bonds. The number of nitrogens with one attached hydrogen (secondary N) is 1. The number of anilines is 1. The molecule has 2 aromatic rings. The van der Waals surface area contributed by atoms with Gasteiger partial charge in [0.25, 0.3) is 5.91 Å². The van der Waals surface area contributed by atoms with E-state index in [0.29, 0.717) is 22.7 Å². The molecule has 96 valence electrons. The summed E-state index contributed by atoms with van der Waals surface area (Å²) in [6, 6.07) is 3.26. The van der Waals surface area contributed by atoms with Gasteiger partial charge in [0.15, 0.2) is 0 Å². The highest BCUT2D eigenvalue weighted by Crippen LogP contribution is 2.10. The van der Waals surface area contributed by atoms with Gasteiger partial charge in [-0.25, -0.2) is 0 Å².